The first-order valence-corrected chi connectivity index (χ1v) is 9.66. The van der Waals surface area contributed by atoms with Crippen LogP contribution in [0.4, 0.5) is 4.79 Å². The van der Waals surface area contributed by atoms with Gasteiger partial charge in [0.15, 0.2) is 0 Å². The highest BCUT2D eigenvalue weighted by Gasteiger charge is 2.27. The first kappa shape index (κ1) is 18.2. The predicted octanol–water partition coefficient (Wildman–Crippen LogP) is 2.56. The predicted molar refractivity (Wildman–Crippen MR) is 102 cm³/mol. The lowest BCUT2D eigenvalue weighted by atomic mass is 10.0. The molecule has 0 aliphatic carbocycles. The molecule has 3 rings (SSSR count). The third-order valence-corrected chi connectivity index (χ3v) is 5.60. The van der Waals surface area contributed by atoms with Crippen molar-refractivity contribution in [1.29, 1.82) is 0 Å². The number of carbonyl (C=O) groups is 1. The molecule has 5 heteroatoms. The highest BCUT2D eigenvalue weighted by Crippen LogP contribution is 2.20. The topological polar surface area (TPSA) is 38.8 Å². The molecule has 0 spiro atoms. The van der Waals surface area contributed by atoms with E-state index >= 15 is 0 Å². The Bertz CT molecular complexity index is 542. The Morgan fingerprint density at radius 3 is 2.52 bits per heavy atom. The smallest absolute Gasteiger partial charge is 0.318 e. The van der Waals surface area contributed by atoms with Gasteiger partial charge in [0.2, 0.25) is 0 Å². The first-order chi connectivity index (χ1) is 12.1. The van der Waals surface area contributed by atoms with Gasteiger partial charge in [-0.05, 0) is 38.8 Å². The van der Waals surface area contributed by atoms with Crippen molar-refractivity contribution in [1.82, 2.24) is 20.0 Å². The summed E-state index contributed by atoms with van der Waals surface area (Å²) in [6.45, 7) is 8.24. The molecule has 1 N–H and O–H groups in total. The van der Waals surface area contributed by atoms with Crippen molar-refractivity contribution < 1.29 is 4.79 Å². The van der Waals surface area contributed by atoms with E-state index in [-0.39, 0.29) is 12.1 Å². The average molecular weight is 345 g/mol. The van der Waals surface area contributed by atoms with E-state index in [1.807, 2.05) is 11.0 Å². The second-order valence-corrected chi connectivity index (χ2v) is 7.55. The Morgan fingerprint density at radius 1 is 1.12 bits per heavy atom. The van der Waals surface area contributed by atoms with Crippen LogP contribution in [0, 0.1) is 0 Å². The van der Waals surface area contributed by atoms with Gasteiger partial charge in [0, 0.05) is 45.3 Å². The van der Waals surface area contributed by atoms with Crippen LogP contribution in [0.5, 0.6) is 0 Å². The molecule has 0 aromatic heterocycles. The molecule has 2 fully saturated rings. The summed E-state index contributed by atoms with van der Waals surface area (Å²) in [6.07, 6.45) is 3.46. The van der Waals surface area contributed by atoms with Gasteiger partial charge in [-0.15, -0.1) is 0 Å². The lowest BCUT2D eigenvalue weighted by Gasteiger charge is -2.37. The van der Waals surface area contributed by atoms with Crippen LogP contribution < -0.4 is 5.32 Å². The van der Waals surface area contributed by atoms with Crippen molar-refractivity contribution in [2.45, 2.75) is 38.3 Å². The van der Waals surface area contributed by atoms with Crippen molar-refractivity contribution in [3.63, 3.8) is 0 Å². The quantitative estimate of drug-likeness (QED) is 0.912. The highest BCUT2D eigenvalue weighted by atomic mass is 16.2. The first-order valence-electron chi connectivity index (χ1n) is 9.66. The summed E-state index contributed by atoms with van der Waals surface area (Å²) in [6, 6.07) is 10.9. The Morgan fingerprint density at radius 2 is 1.84 bits per heavy atom. The standard InChI is InChI=1S/C20H32N4O/c1-17-8-6-7-11-24(17)20(25)21-19(18-9-4-3-5-10-18)16-23-14-12-22(2)13-15-23/h3-5,9-10,17,19H,6-8,11-16H2,1-2H3,(H,21,25)/t17-,19-/m0/s1. The highest BCUT2D eigenvalue weighted by molar-refractivity contribution is 5.75. The van der Waals surface area contributed by atoms with E-state index in [2.05, 4.69) is 53.4 Å². The van der Waals surface area contributed by atoms with E-state index in [4.69, 9.17) is 0 Å². The number of piperazine rings is 1. The molecule has 1 aromatic rings. The van der Waals surface area contributed by atoms with Gasteiger partial charge in [-0.3, -0.25) is 4.90 Å². The van der Waals surface area contributed by atoms with Crippen molar-refractivity contribution in [3.8, 4) is 0 Å². The van der Waals surface area contributed by atoms with Crippen LogP contribution in [0.1, 0.15) is 37.8 Å². The fourth-order valence-corrected chi connectivity index (χ4v) is 3.84. The maximum Gasteiger partial charge on any atom is 0.318 e. The fourth-order valence-electron chi connectivity index (χ4n) is 3.84. The Kier molecular flexibility index (Phi) is 6.32. The molecular formula is C20H32N4O. The monoisotopic (exact) mass is 344 g/mol. The van der Waals surface area contributed by atoms with E-state index < -0.39 is 0 Å². The molecule has 0 saturated carbocycles. The van der Waals surface area contributed by atoms with E-state index in [0.717, 1.165) is 52.1 Å². The van der Waals surface area contributed by atoms with Gasteiger partial charge in [0.1, 0.15) is 0 Å². The van der Waals surface area contributed by atoms with Crippen LogP contribution in [0.3, 0.4) is 0 Å². The zero-order valence-electron chi connectivity index (χ0n) is 15.7. The zero-order chi connectivity index (χ0) is 17.6. The number of urea groups is 1. The number of nitrogens with zero attached hydrogens (tertiary/aromatic N) is 3. The summed E-state index contributed by atoms with van der Waals surface area (Å²) in [5.41, 5.74) is 1.19. The van der Waals surface area contributed by atoms with E-state index in [1.165, 1.54) is 12.0 Å². The van der Waals surface area contributed by atoms with Crippen LogP contribution in [-0.2, 0) is 0 Å². The van der Waals surface area contributed by atoms with Crippen LogP contribution >= 0.6 is 0 Å². The third kappa shape index (κ3) is 4.95. The van der Waals surface area contributed by atoms with Crippen molar-refractivity contribution >= 4 is 6.03 Å². The molecule has 25 heavy (non-hydrogen) atoms. The van der Waals surface area contributed by atoms with Gasteiger partial charge in [-0.2, -0.15) is 0 Å². The Hall–Kier alpha value is -1.59. The molecule has 2 amide bonds. The number of amides is 2. The molecular weight excluding hydrogens is 312 g/mol. The lowest BCUT2D eigenvalue weighted by Crippen LogP contribution is -2.51. The molecule has 1 aromatic carbocycles. The van der Waals surface area contributed by atoms with Crippen LogP contribution in [0.2, 0.25) is 0 Å². The van der Waals surface area contributed by atoms with Crippen molar-refractivity contribution in [2.24, 2.45) is 0 Å². The van der Waals surface area contributed by atoms with Gasteiger partial charge in [-0.25, -0.2) is 4.79 Å². The molecule has 138 valence electrons. The second kappa shape index (κ2) is 8.68. The second-order valence-electron chi connectivity index (χ2n) is 7.55. The molecule has 2 aliphatic rings. The number of benzene rings is 1. The average Bonchev–Trinajstić information content (AvgIpc) is 2.64. The maximum absolute atomic E-state index is 12.9. The number of hydrogen-bond donors (Lipinski definition) is 1. The molecule has 2 atom stereocenters. The summed E-state index contributed by atoms with van der Waals surface area (Å²) in [5, 5.41) is 3.32. The number of rotatable bonds is 4. The summed E-state index contributed by atoms with van der Waals surface area (Å²) in [4.78, 5) is 19.7. The van der Waals surface area contributed by atoms with Crippen LogP contribution in [0.25, 0.3) is 0 Å². The molecule has 5 nitrogen and oxygen atoms in total. The molecule has 2 saturated heterocycles. The van der Waals surface area contributed by atoms with Gasteiger partial charge >= 0.3 is 6.03 Å². The van der Waals surface area contributed by atoms with E-state index in [0.29, 0.717) is 6.04 Å². The summed E-state index contributed by atoms with van der Waals surface area (Å²) in [5.74, 6) is 0. The fraction of sp³-hybridized carbons (Fsp3) is 0.650. The summed E-state index contributed by atoms with van der Waals surface area (Å²) >= 11 is 0. The minimum Gasteiger partial charge on any atom is -0.330 e. The van der Waals surface area contributed by atoms with Gasteiger partial charge in [-0.1, -0.05) is 30.3 Å². The molecule has 2 aliphatic heterocycles. The Balaban J connectivity index is 1.67. The largest absolute Gasteiger partial charge is 0.330 e. The number of likely N-dealkylation sites (tertiary alicyclic amines) is 1. The van der Waals surface area contributed by atoms with Crippen LogP contribution in [0.15, 0.2) is 30.3 Å². The maximum atomic E-state index is 12.9. The number of hydrogen-bond acceptors (Lipinski definition) is 3. The number of carbonyl (C=O) groups excluding carboxylic acids is 1. The van der Waals surface area contributed by atoms with Crippen LogP contribution in [-0.4, -0.2) is 73.1 Å². The van der Waals surface area contributed by atoms with Crippen molar-refractivity contribution in [3.05, 3.63) is 35.9 Å². The third-order valence-electron chi connectivity index (χ3n) is 5.60. The molecule has 2 heterocycles. The number of piperidine rings is 1. The Labute approximate surface area is 152 Å². The normalized spacial score (nSPS) is 24.1. The minimum absolute atomic E-state index is 0.0474. The summed E-state index contributed by atoms with van der Waals surface area (Å²) in [7, 11) is 2.17. The van der Waals surface area contributed by atoms with E-state index in [9.17, 15) is 4.79 Å². The van der Waals surface area contributed by atoms with Gasteiger partial charge < -0.3 is 15.1 Å². The van der Waals surface area contributed by atoms with Gasteiger partial charge in [0.25, 0.3) is 0 Å². The van der Waals surface area contributed by atoms with Crippen molar-refractivity contribution in [2.75, 3.05) is 46.3 Å². The SMILES string of the molecule is C[C@H]1CCCCN1C(=O)N[C@@H](CN1CCN(C)CC1)c1ccccc1. The lowest BCUT2D eigenvalue weighted by molar-refractivity contribution is 0.131. The molecule has 0 unspecified atom stereocenters. The zero-order valence-corrected chi connectivity index (χ0v) is 15.7. The molecule has 0 bridgehead atoms. The summed E-state index contributed by atoms with van der Waals surface area (Å²) < 4.78 is 0. The van der Waals surface area contributed by atoms with Gasteiger partial charge in [0.05, 0.1) is 6.04 Å². The number of nitrogens with one attached hydrogen (secondary N) is 1. The van der Waals surface area contributed by atoms with E-state index in [1.54, 1.807) is 0 Å². The molecule has 0 radical (unpaired) electrons. The minimum atomic E-state index is 0.0474. The number of likely N-dealkylation sites (N-methyl/N-ethyl adjacent to an activating group) is 1.